The van der Waals surface area contributed by atoms with Gasteiger partial charge in [-0.3, -0.25) is 25.1 Å². The van der Waals surface area contributed by atoms with Crippen LogP contribution in [0, 0.1) is 6.92 Å². The number of carbonyl (C=O) groups is 2. The molecule has 0 fully saturated rings. The molecule has 1 aromatic heterocycles. The van der Waals surface area contributed by atoms with E-state index in [1.807, 2.05) is 18.2 Å². The minimum Gasteiger partial charge on any atom is -0.550 e. The van der Waals surface area contributed by atoms with Gasteiger partial charge in [-0.15, -0.1) is 0 Å². The smallest absolute Gasteiger partial charge is 0.295 e. The van der Waals surface area contributed by atoms with Gasteiger partial charge in [0.1, 0.15) is 5.69 Å². The van der Waals surface area contributed by atoms with Gasteiger partial charge in [-0.05, 0) is 37.7 Å². The van der Waals surface area contributed by atoms with Crippen LogP contribution in [0.25, 0.3) is 5.69 Å². The molecule has 26 heavy (non-hydrogen) atoms. The molecule has 2 rings (SSSR count). The summed E-state index contributed by atoms with van der Waals surface area (Å²) in [6.07, 6.45) is -0.642. The number of amides is 1. The van der Waals surface area contributed by atoms with Crippen LogP contribution in [-0.2, 0) is 16.6 Å². The molecule has 0 saturated carbocycles. The van der Waals surface area contributed by atoms with Gasteiger partial charge in [0.05, 0.1) is 11.4 Å². The molecule has 1 heterocycles. The van der Waals surface area contributed by atoms with Gasteiger partial charge < -0.3 is 15.2 Å². The average Bonchev–Trinajstić information content (AvgIpc) is 2.82. The second-order valence-corrected chi connectivity index (χ2v) is 5.84. The third-order valence-electron chi connectivity index (χ3n) is 3.66. The molecule has 10 heteroatoms. The standard InChI is InChI=1S/C16H19N5O4S/c1-10-14(17-16(26)19-18-12(22)8-9-13(23)24)15(25)21(20(10)2)11-6-4-3-5-7-11/h3-7H,8-9H2,1-2H3,(H,18,22)(H,23,24)(H2,17,19,26)/p-1. The topological polar surface area (TPSA) is 120 Å². The first-order chi connectivity index (χ1) is 12.3. The first-order valence-corrected chi connectivity index (χ1v) is 8.11. The number of carbonyl (C=O) groups excluding carboxylic acids is 2. The van der Waals surface area contributed by atoms with E-state index < -0.39 is 18.3 Å². The molecule has 1 aromatic carbocycles. The first kappa shape index (κ1) is 19.2. The number of benzene rings is 1. The van der Waals surface area contributed by atoms with E-state index in [9.17, 15) is 19.5 Å². The highest BCUT2D eigenvalue weighted by atomic mass is 32.1. The van der Waals surface area contributed by atoms with Crippen molar-refractivity contribution in [2.75, 3.05) is 5.32 Å². The molecule has 2 aromatic rings. The molecule has 0 bridgehead atoms. The Morgan fingerprint density at radius 1 is 1.15 bits per heavy atom. The number of carboxylic acids is 1. The highest BCUT2D eigenvalue weighted by Crippen LogP contribution is 2.13. The number of hydrogen-bond donors (Lipinski definition) is 3. The number of aliphatic carboxylic acids is 1. The summed E-state index contributed by atoms with van der Waals surface area (Å²) in [7, 11) is 1.74. The number of thiocarbonyl (C=S) groups is 1. The lowest BCUT2D eigenvalue weighted by Gasteiger charge is -2.11. The Bertz CT molecular complexity index is 888. The summed E-state index contributed by atoms with van der Waals surface area (Å²) in [6, 6.07) is 9.11. The monoisotopic (exact) mass is 376 g/mol. The number of para-hydroxylation sites is 1. The van der Waals surface area contributed by atoms with Crippen molar-refractivity contribution in [3.05, 3.63) is 46.4 Å². The lowest BCUT2D eigenvalue weighted by atomic mass is 10.3. The maximum atomic E-state index is 12.7. The van der Waals surface area contributed by atoms with Crippen LogP contribution in [0.4, 0.5) is 5.69 Å². The van der Waals surface area contributed by atoms with Gasteiger partial charge in [0, 0.05) is 19.4 Å². The largest absolute Gasteiger partial charge is 0.550 e. The molecule has 3 N–H and O–H groups in total. The van der Waals surface area contributed by atoms with E-state index in [1.165, 1.54) is 4.68 Å². The Labute approximate surface area is 154 Å². The molecular formula is C16H18N5O4S-. The number of nitrogens with one attached hydrogen (secondary N) is 3. The van der Waals surface area contributed by atoms with Crippen LogP contribution in [0.5, 0.6) is 0 Å². The number of rotatable bonds is 5. The van der Waals surface area contributed by atoms with E-state index in [-0.39, 0.29) is 22.8 Å². The maximum Gasteiger partial charge on any atom is 0.295 e. The van der Waals surface area contributed by atoms with Crippen molar-refractivity contribution in [3.8, 4) is 5.69 Å². The van der Waals surface area contributed by atoms with Gasteiger partial charge in [0.15, 0.2) is 5.11 Å². The van der Waals surface area contributed by atoms with Gasteiger partial charge in [-0.25, -0.2) is 4.68 Å². The quantitative estimate of drug-likeness (QED) is 0.468. The SMILES string of the molecule is Cc1c(NC(=S)NNC(=O)CCC(=O)[O-])c(=O)n(-c2ccccc2)n1C. The number of anilines is 1. The summed E-state index contributed by atoms with van der Waals surface area (Å²) >= 11 is 5.06. The zero-order valence-electron chi connectivity index (χ0n) is 14.2. The first-order valence-electron chi connectivity index (χ1n) is 7.71. The minimum atomic E-state index is -1.32. The van der Waals surface area contributed by atoms with Gasteiger partial charge >= 0.3 is 0 Å². The summed E-state index contributed by atoms with van der Waals surface area (Å²) < 4.78 is 3.17. The Kier molecular flexibility index (Phi) is 6.12. The minimum absolute atomic E-state index is 0.00203. The van der Waals surface area contributed by atoms with Crippen LogP contribution < -0.4 is 26.8 Å². The lowest BCUT2D eigenvalue weighted by Crippen LogP contribution is -2.44. The van der Waals surface area contributed by atoms with Crippen LogP contribution in [0.1, 0.15) is 18.5 Å². The lowest BCUT2D eigenvalue weighted by molar-refractivity contribution is -0.305. The predicted octanol–water partition coefficient (Wildman–Crippen LogP) is -0.668. The molecule has 0 radical (unpaired) electrons. The van der Waals surface area contributed by atoms with Crippen molar-refractivity contribution in [3.63, 3.8) is 0 Å². The van der Waals surface area contributed by atoms with E-state index in [2.05, 4.69) is 16.2 Å². The molecular weight excluding hydrogens is 358 g/mol. The predicted molar refractivity (Wildman–Crippen MR) is 97.5 cm³/mol. The Morgan fingerprint density at radius 2 is 1.81 bits per heavy atom. The normalized spacial score (nSPS) is 10.2. The Balaban J connectivity index is 2.08. The highest BCUT2D eigenvalue weighted by Gasteiger charge is 2.17. The summed E-state index contributed by atoms with van der Waals surface area (Å²) in [5.41, 5.74) is 5.98. The summed E-state index contributed by atoms with van der Waals surface area (Å²) in [6.45, 7) is 1.75. The van der Waals surface area contributed by atoms with E-state index in [1.54, 1.807) is 30.8 Å². The van der Waals surface area contributed by atoms with Gasteiger partial charge in [-0.1, -0.05) is 18.2 Å². The molecule has 9 nitrogen and oxygen atoms in total. The van der Waals surface area contributed by atoms with Crippen molar-refractivity contribution in [2.24, 2.45) is 7.05 Å². The maximum absolute atomic E-state index is 12.7. The number of carboxylic acid groups (broad SMARTS) is 1. The third kappa shape index (κ3) is 4.48. The average molecular weight is 376 g/mol. The molecule has 0 aliphatic heterocycles. The van der Waals surface area contributed by atoms with E-state index in [4.69, 9.17) is 12.2 Å². The molecule has 138 valence electrons. The van der Waals surface area contributed by atoms with E-state index in [0.717, 1.165) is 0 Å². The highest BCUT2D eigenvalue weighted by molar-refractivity contribution is 7.80. The van der Waals surface area contributed by atoms with Crippen molar-refractivity contribution in [2.45, 2.75) is 19.8 Å². The fraction of sp³-hybridized carbons (Fsp3) is 0.250. The third-order valence-corrected chi connectivity index (χ3v) is 3.87. The number of hydrogen-bond acceptors (Lipinski definition) is 5. The second-order valence-electron chi connectivity index (χ2n) is 5.44. The summed E-state index contributed by atoms with van der Waals surface area (Å²) in [4.78, 5) is 34.5. The molecule has 0 aliphatic rings. The molecule has 0 unspecified atom stereocenters. The van der Waals surface area contributed by atoms with Crippen molar-refractivity contribution < 1.29 is 14.7 Å². The summed E-state index contributed by atoms with van der Waals surface area (Å²) in [5, 5.41) is 13.1. The molecule has 0 spiro atoms. The Morgan fingerprint density at radius 3 is 2.42 bits per heavy atom. The fourth-order valence-corrected chi connectivity index (χ4v) is 2.41. The molecule has 0 saturated heterocycles. The van der Waals surface area contributed by atoms with Gasteiger partial charge in [0.25, 0.3) is 5.56 Å². The number of aromatic nitrogens is 2. The molecule has 0 aliphatic carbocycles. The van der Waals surface area contributed by atoms with E-state index >= 15 is 0 Å². The number of hydrazine groups is 1. The van der Waals surface area contributed by atoms with Gasteiger partial charge in [0.2, 0.25) is 5.91 Å². The summed E-state index contributed by atoms with van der Waals surface area (Å²) in [5.74, 6) is -1.88. The molecule has 0 atom stereocenters. The van der Waals surface area contributed by atoms with Crippen molar-refractivity contribution in [1.29, 1.82) is 0 Å². The van der Waals surface area contributed by atoms with Gasteiger partial charge in [-0.2, -0.15) is 0 Å². The van der Waals surface area contributed by atoms with Crippen LogP contribution in [-0.4, -0.2) is 26.4 Å². The van der Waals surface area contributed by atoms with Crippen LogP contribution in [0.15, 0.2) is 35.1 Å². The van der Waals surface area contributed by atoms with Crippen LogP contribution in [0.3, 0.4) is 0 Å². The fourth-order valence-electron chi connectivity index (χ4n) is 2.26. The van der Waals surface area contributed by atoms with E-state index in [0.29, 0.717) is 11.4 Å². The van der Waals surface area contributed by atoms with Crippen LogP contribution in [0.2, 0.25) is 0 Å². The zero-order chi connectivity index (χ0) is 19.3. The number of nitrogens with zero attached hydrogens (tertiary/aromatic N) is 2. The van der Waals surface area contributed by atoms with Crippen LogP contribution >= 0.6 is 12.2 Å². The van der Waals surface area contributed by atoms with Crippen molar-refractivity contribution >= 4 is 34.9 Å². The van der Waals surface area contributed by atoms with Crippen molar-refractivity contribution in [1.82, 2.24) is 20.2 Å². The second kappa shape index (κ2) is 8.30. The Hall–Kier alpha value is -3.14. The molecule has 1 amide bonds. The zero-order valence-corrected chi connectivity index (χ0v) is 15.1.